The van der Waals surface area contributed by atoms with Gasteiger partial charge in [0.1, 0.15) is 0 Å². The van der Waals surface area contributed by atoms with Crippen molar-refractivity contribution in [3.8, 4) is 0 Å². The van der Waals surface area contributed by atoms with Crippen molar-refractivity contribution in [3.63, 3.8) is 0 Å². The van der Waals surface area contributed by atoms with E-state index in [9.17, 15) is 13.2 Å². The topological polar surface area (TPSA) is 83.7 Å². The molecule has 1 amide bonds. The number of hydrogen-bond acceptors (Lipinski definition) is 4. The number of rotatable bonds is 4. The first kappa shape index (κ1) is 19.2. The Bertz CT molecular complexity index is 678. The number of carbonyl (C=O) groups is 1. The molecule has 6 nitrogen and oxygen atoms in total. The van der Waals surface area contributed by atoms with Gasteiger partial charge in [-0.2, -0.15) is 4.31 Å². The van der Waals surface area contributed by atoms with Gasteiger partial charge < -0.3 is 10.6 Å². The third-order valence-corrected chi connectivity index (χ3v) is 6.64. The molecule has 1 aromatic carbocycles. The van der Waals surface area contributed by atoms with Crippen LogP contribution in [0.3, 0.4) is 0 Å². The lowest BCUT2D eigenvalue weighted by molar-refractivity contribution is -0.117. The number of piperidine rings is 1. The van der Waals surface area contributed by atoms with Crippen LogP contribution in [-0.4, -0.2) is 44.3 Å². The van der Waals surface area contributed by atoms with Gasteiger partial charge in [-0.05, 0) is 43.5 Å². The lowest BCUT2D eigenvalue weighted by Crippen LogP contribution is -2.47. The molecule has 0 aromatic heterocycles. The fourth-order valence-corrected chi connectivity index (χ4v) is 5.08. The highest BCUT2D eigenvalue weighted by Gasteiger charge is 2.32. The maximum Gasteiger partial charge on any atom is 0.243 e. The summed E-state index contributed by atoms with van der Waals surface area (Å²) in [6.45, 7) is 1.57. The molecule has 0 bridgehead atoms. The third-order valence-electron chi connectivity index (χ3n) is 4.67. The van der Waals surface area contributed by atoms with Crippen LogP contribution in [0.1, 0.15) is 32.1 Å². The second kappa shape index (κ2) is 7.82. The van der Waals surface area contributed by atoms with Crippen LogP contribution in [0.5, 0.6) is 0 Å². The van der Waals surface area contributed by atoms with Crippen molar-refractivity contribution in [2.75, 3.05) is 24.5 Å². The third kappa shape index (κ3) is 3.59. The Balaban J connectivity index is 0.00000208. The summed E-state index contributed by atoms with van der Waals surface area (Å²) in [5.74, 6) is 0.0971. The predicted molar refractivity (Wildman–Crippen MR) is 95.9 cm³/mol. The zero-order valence-electron chi connectivity index (χ0n) is 13.6. The number of hydrogen-bond donors (Lipinski definition) is 1. The van der Waals surface area contributed by atoms with E-state index in [0.717, 1.165) is 31.4 Å². The number of nitrogens with two attached hydrogens (primary N) is 1. The number of benzene rings is 1. The first-order chi connectivity index (χ1) is 11.0. The van der Waals surface area contributed by atoms with E-state index in [1.807, 2.05) is 0 Å². The lowest BCUT2D eigenvalue weighted by Gasteiger charge is -2.33. The van der Waals surface area contributed by atoms with Crippen LogP contribution in [0.2, 0.25) is 0 Å². The van der Waals surface area contributed by atoms with Crippen LogP contribution in [0.15, 0.2) is 29.2 Å². The second-order valence-electron chi connectivity index (χ2n) is 6.14. The van der Waals surface area contributed by atoms with Crippen LogP contribution >= 0.6 is 12.4 Å². The van der Waals surface area contributed by atoms with Crippen LogP contribution in [0.25, 0.3) is 0 Å². The second-order valence-corrected chi connectivity index (χ2v) is 8.03. The predicted octanol–water partition coefficient (Wildman–Crippen LogP) is 1.74. The smallest absolute Gasteiger partial charge is 0.243 e. The molecule has 8 heteroatoms. The van der Waals surface area contributed by atoms with Gasteiger partial charge in [-0.25, -0.2) is 8.42 Å². The Kier molecular flexibility index (Phi) is 6.25. The summed E-state index contributed by atoms with van der Waals surface area (Å²) in [4.78, 5) is 13.8. The van der Waals surface area contributed by atoms with Crippen molar-refractivity contribution in [3.05, 3.63) is 24.3 Å². The van der Waals surface area contributed by atoms with Gasteiger partial charge in [-0.3, -0.25) is 4.79 Å². The average Bonchev–Trinajstić information content (AvgIpc) is 3.01. The molecule has 0 aliphatic carbocycles. The Hall–Kier alpha value is -1.15. The molecule has 134 valence electrons. The lowest BCUT2D eigenvalue weighted by atomic mass is 10.1. The Morgan fingerprint density at radius 1 is 1.08 bits per heavy atom. The Labute approximate surface area is 149 Å². The molecule has 0 radical (unpaired) electrons. The highest BCUT2D eigenvalue weighted by molar-refractivity contribution is 7.89. The fourth-order valence-electron chi connectivity index (χ4n) is 3.38. The van der Waals surface area contributed by atoms with Crippen molar-refractivity contribution in [1.29, 1.82) is 0 Å². The van der Waals surface area contributed by atoms with Gasteiger partial charge in [0.15, 0.2) is 0 Å². The minimum atomic E-state index is -3.53. The summed E-state index contributed by atoms with van der Waals surface area (Å²) in [7, 11) is -3.53. The van der Waals surface area contributed by atoms with Gasteiger partial charge in [0.2, 0.25) is 15.9 Å². The molecule has 1 aromatic rings. The number of halogens is 1. The zero-order valence-corrected chi connectivity index (χ0v) is 15.2. The monoisotopic (exact) mass is 373 g/mol. The van der Waals surface area contributed by atoms with Crippen LogP contribution < -0.4 is 10.6 Å². The molecular weight excluding hydrogens is 350 g/mol. The molecule has 2 saturated heterocycles. The summed E-state index contributed by atoms with van der Waals surface area (Å²) in [6, 6.07) is 6.51. The van der Waals surface area contributed by atoms with Crippen molar-refractivity contribution in [1.82, 2.24) is 4.31 Å². The molecule has 0 saturated carbocycles. The minimum absolute atomic E-state index is 0. The van der Waals surface area contributed by atoms with Gasteiger partial charge in [0, 0.05) is 37.8 Å². The van der Waals surface area contributed by atoms with Crippen LogP contribution in [0.4, 0.5) is 5.69 Å². The van der Waals surface area contributed by atoms with Gasteiger partial charge in [0.05, 0.1) is 4.90 Å². The average molecular weight is 374 g/mol. The maximum atomic E-state index is 12.8. The summed E-state index contributed by atoms with van der Waals surface area (Å²) >= 11 is 0. The molecule has 1 atom stereocenters. The minimum Gasteiger partial charge on any atom is -0.329 e. The van der Waals surface area contributed by atoms with E-state index < -0.39 is 10.0 Å². The van der Waals surface area contributed by atoms with E-state index in [1.54, 1.807) is 29.2 Å². The summed E-state index contributed by atoms with van der Waals surface area (Å²) in [5.41, 5.74) is 6.50. The standard InChI is InChI=1S/C16H23N3O3S.ClH/c17-12-14-4-1-2-11-19(14)23(21,22)15-8-6-13(7-9-15)18-10-3-5-16(18)20;/h6-9,14H,1-5,10-12,17H2;1H. The molecule has 2 aliphatic heterocycles. The number of carbonyl (C=O) groups excluding carboxylic acids is 1. The fraction of sp³-hybridized carbons (Fsp3) is 0.562. The molecule has 2 N–H and O–H groups in total. The SMILES string of the molecule is Cl.NCC1CCCCN1S(=O)(=O)c1ccc(N2CCCC2=O)cc1. The van der Waals surface area contributed by atoms with E-state index in [0.29, 0.717) is 26.1 Å². The van der Waals surface area contributed by atoms with Crippen molar-refractivity contribution >= 4 is 34.0 Å². The normalized spacial score (nSPS) is 22.5. The molecule has 24 heavy (non-hydrogen) atoms. The highest BCUT2D eigenvalue weighted by Crippen LogP contribution is 2.27. The molecule has 1 unspecified atom stereocenters. The largest absolute Gasteiger partial charge is 0.329 e. The number of sulfonamides is 1. The van der Waals surface area contributed by atoms with Gasteiger partial charge >= 0.3 is 0 Å². The van der Waals surface area contributed by atoms with Gasteiger partial charge in [-0.1, -0.05) is 6.42 Å². The first-order valence-electron chi connectivity index (χ1n) is 8.16. The van der Waals surface area contributed by atoms with Gasteiger partial charge in [-0.15, -0.1) is 12.4 Å². The van der Waals surface area contributed by atoms with E-state index >= 15 is 0 Å². The Morgan fingerprint density at radius 2 is 1.79 bits per heavy atom. The number of anilines is 1. The van der Waals surface area contributed by atoms with Crippen LogP contribution in [0, 0.1) is 0 Å². The van der Waals surface area contributed by atoms with E-state index in [-0.39, 0.29) is 29.3 Å². The first-order valence-corrected chi connectivity index (χ1v) is 9.60. The summed E-state index contributed by atoms with van der Waals surface area (Å²) < 4.78 is 27.2. The summed E-state index contributed by atoms with van der Waals surface area (Å²) in [5, 5.41) is 0. The molecule has 0 spiro atoms. The molecule has 2 aliphatic rings. The highest BCUT2D eigenvalue weighted by atomic mass is 35.5. The van der Waals surface area contributed by atoms with E-state index in [4.69, 9.17) is 5.73 Å². The van der Waals surface area contributed by atoms with Crippen molar-refractivity contribution in [2.45, 2.75) is 43.0 Å². The van der Waals surface area contributed by atoms with E-state index in [1.165, 1.54) is 4.31 Å². The molecule has 3 rings (SSSR count). The molecule has 2 fully saturated rings. The molecule has 2 heterocycles. The van der Waals surface area contributed by atoms with Crippen LogP contribution in [-0.2, 0) is 14.8 Å². The zero-order chi connectivity index (χ0) is 16.4. The van der Waals surface area contributed by atoms with E-state index in [2.05, 4.69) is 0 Å². The molecular formula is C16H24ClN3O3S. The maximum absolute atomic E-state index is 12.8. The Morgan fingerprint density at radius 3 is 2.38 bits per heavy atom. The summed E-state index contributed by atoms with van der Waals surface area (Å²) in [6.07, 6.45) is 4.12. The number of nitrogens with zero attached hydrogens (tertiary/aromatic N) is 2. The van der Waals surface area contributed by atoms with Crippen molar-refractivity contribution < 1.29 is 13.2 Å². The van der Waals surface area contributed by atoms with Crippen molar-refractivity contribution in [2.24, 2.45) is 5.73 Å². The number of amides is 1. The quantitative estimate of drug-likeness (QED) is 0.871. The van der Waals surface area contributed by atoms with Gasteiger partial charge in [0.25, 0.3) is 0 Å².